The van der Waals surface area contributed by atoms with Crippen molar-refractivity contribution in [3.8, 4) is 11.3 Å². The lowest BCUT2D eigenvalue weighted by Gasteiger charge is -2.31. The van der Waals surface area contributed by atoms with E-state index in [9.17, 15) is 27.5 Å². The highest BCUT2D eigenvalue weighted by Gasteiger charge is 2.56. The molecule has 2 aromatic heterocycles. The van der Waals surface area contributed by atoms with Crippen LogP contribution >= 0.6 is 22.9 Å². The summed E-state index contributed by atoms with van der Waals surface area (Å²) < 4.78 is 56.0. The quantitative estimate of drug-likeness (QED) is 0.325. The molecule has 0 radical (unpaired) electrons. The third-order valence-corrected chi connectivity index (χ3v) is 5.99. The number of rotatable bonds is 7. The average Bonchev–Trinajstić information content (AvgIpc) is 3.27. The Bertz CT molecular complexity index is 1160. The number of alkyl halides is 3. The molecule has 0 amide bonds. The van der Waals surface area contributed by atoms with Crippen molar-refractivity contribution in [3.05, 3.63) is 69.0 Å². The maximum absolute atomic E-state index is 14.1. The van der Waals surface area contributed by atoms with Crippen molar-refractivity contribution in [1.82, 2.24) is 9.97 Å². The van der Waals surface area contributed by atoms with Crippen molar-refractivity contribution < 1.29 is 27.5 Å². The molecule has 3 rings (SSSR count). The standard InChI is InChI=1S/C22H20ClF4N3O2S/c1-20(2,28)13-8-16(12-3-4-15(24)14(23)7-12)30-19(9-13)21(32,22(25,26)27)6-5-18(31)17-10-33-11-29-17/h3-4,7-11,32H,5-6,28H2,1-2H3. The minimum atomic E-state index is -5.16. The molecule has 3 N–H and O–H groups in total. The van der Waals surface area contributed by atoms with Crippen LogP contribution in [0.2, 0.25) is 5.02 Å². The van der Waals surface area contributed by atoms with E-state index in [0.29, 0.717) is 0 Å². The smallest absolute Gasteiger partial charge is 0.375 e. The number of ketones is 1. The second-order valence-electron chi connectivity index (χ2n) is 8.13. The van der Waals surface area contributed by atoms with Gasteiger partial charge in [0.15, 0.2) is 5.78 Å². The summed E-state index contributed by atoms with van der Waals surface area (Å²) in [4.78, 5) is 20.1. The van der Waals surface area contributed by atoms with Crippen LogP contribution in [-0.4, -0.2) is 27.0 Å². The molecule has 1 aromatic carbocycles. The van der Waals surface area contributed by atoms with Crippen molar-refractivity contribution in [2.75, 3.05) is 0 Å². The fraction of sp³-hybridized carbons (Fsp3) is 0.318. The number of hydrogen-bond acceptors (Lipinski definition) is 6. The maximum atomic E-state index is 14.1. The summed E-state index contributed by atoms with van der Waals surface area (Å²) in [5, 5.41) is 12.0. The van der Waals surface area contributed by atoms with Crippen LogP contribution in [0, 0.1) is 5.82 Å². The van der Waals surface area contributed by atoms with Crippen LogP contribution in [0.1, 0.15) is 48.4 Å². The average molecular weight is 502 g/mol. The fourth-order valence-electron chi connectivity index (χ4n) is 3.11. The fourth-order valence-corrected chi connectivity index (χ4v) is 3.84. The number of nitrogens with two attached hydrogens (primary N) is 1. The molecule has 3 aromatic rings. The number of thiazole rings is 1. The van der Waals surface area contributed by atoms with Crippen molar-refractivity contribution in [2.45, 2.75) is 44.0 Å². The molecule has 0 bridgehead atoms. The van der Waals surface area contributed by atoms with Gasteiger partial charge in [0.05, 0.1) is 21.9 Å². The zero-order chi connectivity index (χ0) is 24.6. The van der Waals surface area contributed by atoms with Crippen molar-refractivity contribution in [3.63, 3.8) is 0 Å². The minimum Gasteiger partial charge on any atom is -0.375 e. The van der Waals surface area contributed by atoms with Crippen molar-refractivity contribution in [1.29, 1.82) is 0 Å². The molecular weight excluding hydrogens is 482 g/mol. The number of carbonyl (C=O) groups is 1. The van der Waals surface area contributed by atoms with Gasteiger partial charge in [0.25, 0.3) is 0 Å². The van der Waals surface area contributed by atoms with Crippen LogP contribution in [0.5, 0.6) is 0 Å². The molecule has 33 heavy (non-hydrogen) atoms. The van der Waals surface area contributed by atoms with E-state index < -0.39 is 47.5 Å². The predicted molar refractivity (Wildman–Crippen MR) is 117 cm³/mol. The molecular formula is C22H20ClF4N3O2S. The van der Waals surface area contributed by atoms with E-state index in [0.717, 1.165) is 23.5 Å². The van der Waals surface area contributed by atoms with Crippen LogP contribution in [0.3, 0.4) is 0 Å². The minimum absolute atomic E-state index is 0.0106. The molecule has 2 heterocycles. The van der Waals surface area contributed by atoms with E-state index in [4.69, 9.17) is 17.3 Å². The Labute approximate surface area is 196 Å². The topological polar surface area (TPSA) is 89.1 Å². The van der Waals surface area contributed by atoms with E-state index in [2.05, 4.69) is 9.97 Å². The first-order valence-corrected chi connectivity index (χ1v) is 11.0. The Kier molecular flexibility index (Phi) is 6.95. The number of carbonyl (C=O) groups excluding carboxylic acids is 1. The first-order chi connectivity index (χ1) is 15.2. The third kappa shape index (κ3) is 5.40. The van der Waals surface area contributed by atoms with Crippen molar-refractivity contribution in [2.24, 2.45) is 5.73 Å². The largest absolute Gasteiger partial charge is 0.422 e. The maximum Gasteiger partial charge on any atom is 0.422 e. The molecule has 1 atom stereocenters. The van der Waals surface area contributed by atoms with Gasteiger partial charge in [0, 0.05) is 22.9 Å². The van der Waals surface area contributed by atoms with Gasteiger partial charge in [-0.15, -0.1) is 11.3 Å². The van der Waals surface area contributed by atoms with Gasteiger partial charge in [-0.3, -0.25) is 4.79 Å². The first kappa shape index (κ1) is 25.2. The van der Waals surface area contributed by atoms with E-state index in [1.54, 1.807) is 13.8 Å². The molecule has 0 fully saturated rings. The van der Waals surface area contributed by atoms with Gasteiger partial charge in [0.2, 0.25) is 5.60 Å². The number of nitrogens with zero attached hydrogens (tertiary/aromatic N) is 2. The lowest BCUT2D eigenvalue weighted by molar-refractivity contribution is -0.270. The van der Waals surface area contributed by atoms with Crippen LogP contribution in [0.15, 0.2) is 41.2 Å². The number of hydrogen-bond donors (Lipinski definition) is 2. The predicted octanol–water partition coefficient (Wildman–Crippen LogP) is 5.60. The Morgan fingerprint density at radius 3 is 2.45 bits per heavy atom. The molecule has 1 unspecified atom stereocenters. The highest BCUT2D eigenvalue weighted by molar-refractivity contribution is 7.07. The van der Waals surface area contributed by atoms with Crippen LogP contribution in [0.25, 0.3) is 11.3 Å². The number of aromatic nitrogens is 2. The molecule has 0 aliphatic heterocycles. The molecule has 0 spiro atoms. The van der Waals surface area contributed by atoms with Gasteiger partial charge in [-0.1, -0.05) is 11.6 Å². The summed E-state index contributed by atoms with van der Waals surface area (Å²) in [6, 6.07) is 6.09. The van der Waals surface area contributed by atoms with Crippen molar-refractivity contribution >= 4 is 28.7 Å². The molecule has 11 heteroatoms. The van der Waals surface area contributed by atoms with E-state index in [1.165, 1.54) is 29.1 Å². The number of Topliss-reactive ketones (excluding diaryl/α,β-unsaturated/α-hetero) is 1. The summed E-state index contributed by atoms with van der Waals surface area (Å²) in [5.74, 6) is -1.34. The zero-order valence-corrected chi connectivity index (χ0v) is 19.2. The Hall–Kier alpha value is -2.40. The molecule has 176 valence electrons. The van der Waals surface area contributed by atoms with Crippen LogP contribution in [0.4, 0.5) is 17.6 Å². The highest BCUT2D eigenvalue weighted by atomic mass is 35.5. The first-order valence-electron chi connectivity index (χ1n) is 9.70. The van der Waals surface area contributed by atoms with Gasteiger partial charge in [-0.05, 0) is 56.2 Å². The second kappa shape index (κ2) is 9.09. The van der Waals surface area contributed by atoms with E-state index >= 15 is 0 Å². The number of pyridine rings is 1. The number of benzene rings is 1. The van der Waals surface area contributed by atoms with Gasteiger partial charge in [0.1, 0.15) is 11.5 Å². The van der Waals surface area contributed by atoms with Crippen LogP contribution < -0.4 is 5.73 Å². The lowest BCUT2D eigenvalue weighted by atomic mass is 9.86. The Morgan fingerprint density at radius 2 is 1.91 bits per heavy atom. The SMILES string of the molecule is CC(C)(N)c1cc(-c2ccc(F)c(Cl)c2)nc(C(O)(CCC(=O)c2cscn2)C(F)(F)F)c1. The summed E-state index contributed by atoms with van der Waals surface area (Å²) in [6.07, 6.45) is -6.75. The molecule has 0 aliphatic carbocycles. The second-order valence-corrected chi connectivity index (χ2v) is 9.26. The Morgan fingerprint density at radius 1 is 1.21 bits per heavy atom. The third-order valence-electron chi connectivity index (χ3n) is 5.11. The lowest BCUT2D eigenvalue weighted by Crippen LogP contribution is -2.44. The van der Waals surface area contributed by atoms with Crippen LogP contribution in [-0.2, 0) is 11.1 Å². The zero-order valence-electron chi connectivity index (χ0n) is 17.6. The number of aliphatic hydroxyl groups is 1. The van der Waals surface area contributed by atoms with Gasteiger partial charge in [-0.2, -0.15) is 13.2 Å². The monoisotopic (exact) mass is 501 g/mol. The summed E-state index contributed by atoms with van der Waals surface area (Å²) >= 11 is 6.96. The summed E-state index contributed by atoms with van der Waals surface area (Å²) in [7, 11) is 0. The summed E-state index contributed by atoms with van der Waals surface area (Å²) in [6.45, 7) is 3.15. The normalized spacial score (nSPS) is 14.2. The van der Waals surface area contributed by atoms with E-state index in [-0.39, 0.29) is 27.5 Å². The van der Waals surface area contributed by atoms with Gasteiger partial charge < -0.3 is 10.8 Å². The Balaban J connectivity index is 2.12. The van der Waals surface area contributed by atoms with Gasteiger partial charge >= 0.3 is 6.18 Å². The molecule has 0 aliphatic rings. The molecule has 0 saturated heterocycles. The molecule has 5 nitrogen and oxygen atoms in total. The molecule has 0 saturated carbocycles. The number of halogens is 5. The summed E-state index contributed by atoms with van der Waals surface area (Å²) in [5.41, 5.74) is 2.76. The van der Waals surface area contributed by atoms with E-state index in [1.807, 2.05) is 0 Å². The highest BCUT2D eigenvalue weighted by Crippen LogP contribution is 2.43. The van der Waals surface area contributed by atoms with Gasteiger partial charge in [-0.25, -0.2) is 14.4 Å².